The van der Waals surface area contributed by atoms with Crippen molar-refractivity contribution in [2.24, 2.45) is 0 Å². The maximum absolute atomic E-state index is 10.6. The van der Waals surface area contributed by atoms with Crippen LogP contribution in [-0.2, 0) is 12.8 Å². The molecule has 3 atom stereocenters. The Morgan fingerprint density at radius 1 is 1.19 bits per heavy atom. The lowest BCUT2D eigenvalue weighted by Crippen LogP contribution is -2.49. The average Bonchev–Trinajstić information content (AvgIpc) is 2.51. The quantitative estimate of drug-likeness (QED) is 0.596. The number of rotatable bonds is 7. The Labute approximate surface area is 158 Å². The second-order valence-electron chi connectivity index (χ2n) is 9.19. The van der Waals surface area contributed by atoms with Crippen LogP contribution in [0.25, 0.3) is 0 Å². The van der Waals surface area contributed by atoms with Gasteiger partial charge in [-0.1, -0.05) is 26.0 Å². The first-order valence-electron chi connectivity index (χ1n) is 9.62. The zero-order valence-corrected chi connectivity index (χ0v) is 17.1. The molecule has 5 heteroatoms. The Morgan fingerprint density at radius 2 is 1.88 bits per heavy atom. The van der Waals surface area contributed by atoms with Crippen molar-refractivity contribution in [1.29, 1.82) is 0 Å². The molecule has 0 heterocycles. The first kappa shape index (κ1) is 21.2. The molecule has 0 radical (unpaired) electrons. The molecule has 0 aliphatic heterocycles. The summed E-state index contributed by atoms with van der Waals surface area (Å²) in [6.45, 7) is 12.8. The number of aliphatic hydroxyl groups excluding tert-OH is 1. The molecule has 2 rings (SSSR count). The Balaban J connectivity index is 2.04. The van der Waals surface area contributed by atoms with Gasteiger partial charge in [-0.05, 0) is 51.3 Å². The summed E-state index contributed by atoms with van der Waals surface area (Å²) in [5.74, 6) is 0.764. The highest BCUT2D eigenvalue weighted by molar-refractivity contribution is 5.43. The van der Waals surface area contributed by atoms with Crippen molar-refractivity contribution in [1.82, 2.24) is 10.6 Å². The Hall–Kier alpha value is -1.14. The molecule has 4 N–H and O–H groups in total. The molecule has 1 aromatic rings. The number of β-amino-alcohol motifs (C(OH)–C–C–N with tert-alkyl or cyclic N) is 1. The molecule has 1 aliphatic carbocycles. The fraction of sp³-hybridized carbons (Fsp3) is 0.714. The van der Waals surface area contributed by atoms with E-state index in [2.05, 4.69) is 51.3 Å². The van der Waals surface area contributed by atoms with E-state index >= 15 is 0 Å². The molecule has 1 aliphatic rings. The third-order valence-electron chi connectivity index (χ3n) is 4.63. The fourth-order valence-electron chi connectivity index (χ4n) is 3.23. The number of hydrogen-bond donors (Lipinski definition) is 4. The molecule has 0 aromatic heterocycles. The van der Waals surface area contributed by atoms with E-state index in [0.717, 1.165) is 17.7 Å². The molecule has 0 fully saturated rings. The maximum atomic E-state index is 10.6. The van der Waals surface area contributed by atoms with Gasteiger partial charge in [-0.3, -0.25) is 0 Å². The van der Waals surface area contributed by atoms with Gasteiger partial charge in [0.2, 0.25) is 0 Å². The number of ether oxygens (including phenoxy) is 1. The monoisotopic (exact) mass is 364 g/mol. The molecule has 0 saturated heterocycles. The third kappa shape index (κ3) is 6.23. The minimum atomic E-state index is -0.967. The fourth-order valence-corrected chi connectivity index (χ4v) is 3.23. The van der Waals surface area contributed by atoms with Crippen molar-refractivity contribution in [2.45, 2.75) is 83.7 Å². The van der Waals surface area contributed by atoms with Gasteiger partial charge in [0.25, 0.3) is 0 Å². The van der Waals surface area contributed by atoms with Crippen LogP contribution in [0.2, 0.25) is 0 Å². The normalized spacial score (nSPS) is 22.8. The molecular weight excluding hydrogens is 328 g/mol. The minimum absolute atomic E-state index is 0.0571. The zero-order valence-electron chi connectivity index (χ0n) is 17.1. The molecule has 148 valence electrons. The summed E-state index contributed by atoms with van der Waals surface area (Å²) in [5.41, 5.74) is 1.24. The van der Waals surface area contributed by atoms with Crippen LogP contribution in [0.15, 0.2) is 18.2 Å². The molecular formula is C21H36N2O3. The predicted octanol–water partition coefficient (Wildman–Crippen LogP) is 2.03. The predicted molar refractivity (Wildman–Crippen MR) is 106 cm³/mol. The van der Waals surface area contributed by atoms with Crippen molar-refractivity contribution in [2.75, 3.05) is 13.2 Å². The van der Waals surface area contributed by atoms with E-state index in [1.807, 2.05) is 12.1 Å². The lowest BCUT2D eigenvalue weighted by atomic mass is 9.85. The molecule has 0 spiro atoms. The van der Waals surface area contributed by atoms with Crippen LogP contribution in [0.3, 0.4) is 0 Å². The number of fused-ring (bicyclic) bond motifs is 1. The standard InChI is InChI=1S/C21H36N2O3/c1-14(2)23-17-10-15-8-7-9-19(16(15)11-18(17)24)26-13-21(6,25)12-22-20(3,4)5/h7-9,14,17-18,22-25H,10-13H2,1-6H3/t17-,18-,21?/m0/s1. The van der Waals surface area contributed by atoms with Gasteiger partial charge in [-0.15, -0.1) is 0 Å². The minimum Gasteiger partial charge on any atom is -0.490 e. The Morgan fingerprint density at radius 3 is 2.50 bits per heavy atom. The van der Waals surface area contributed by atoms with Crippen molar-refractivity contribution in [3.8, 4) is 5.75 Å². The smallest absolute Gasteiger partial charge is 0.123 e. The van der Waals surface area contributed by atoms with Gasteiger partial charge in [-0.2, -0.15) is 0 Å². The SMILES string of the molecule is CC(C)N[C@H]1Cc2cccc(OCC(C)(O)CNC(C)(C)C)c2C[C@@H]1O. The van der Waals surface area contributed by atoms with Crippen LogP contribution in [0, 0.1) is 0 Å². The van der Waals surface area contributed by atoms with E-state index in [0.29, 0.717) is 19.0 Å². The molecule has 1 unspecified atom stereocenters. The zero-order chi connectivity index (χ0) is 19.5. The number of aliphatic hydroxyl groups is 2. The van der Waals surface area contributed by atoms with E-state index in [-0.39, 0.29) is 18.2 Å². The Kier molecular flexibility index (Phi) is 6.72. The summed E-state index contributed by atoms with van der Waals surface area (Å²) in [6, 6.07) is 6.41. The first-order valence-corrected chi connectivity index (χ1v) is 9.62. The largest absolute Gasteiger partial charge is 0.490 e. The van der Waals surface area contributed by atoms with E-state index in [4.69, 9.17) is 4.74 Å². The van der Waals surface area contributed by atoms with E-state index in [1.54, 1.807) is 6.92 Å². The molecule has 0 amide bonds. The van der Waals surface area contributed by atoms with Crippen LogP contribution in [-0.4, -0.2) is 52.7 Å². The summed E-state index contributed by atoms with van der Waals surface area (Å²) in [5, 5.41) is 27.9. The van der Waals surface area contributed by atoms with Crippen molar-refractivity contribution < 1.29 is 14.9 Å². The van der Waals surface area contributed by atoms with Crippen LogP contribution in [0.1, 0.15) is 52.7 Å². The first-order chi connectivity index (χ1) is 12.0. The molecule has 26 heavy (non-hydrogen) atoms. The summed E-state index contributed by atoms with van der Waals surface area (Å²) in [7, 11) is 0. The van der Waals surface area contributed by atoms with Crippen LogP contribution in [0.4, 0.5) is 0 Å². The highest BCUT2D eigenvalue weighted by atomic mass is 16.5. The van der Waals surface area contributed by atoms with Gasteiger partial charge in [0.1, 0.15) is 18.0 Å². The summed E-state index contributed by atoms with van der Waals surface area (Å²) >= 11 is 0. The van der Waals surface area contributed by atoms with Crippen molar-refractivity contribution in [3.63, 3.8) is 0 Å². The lowest BCUT2D eigenvalue weighted by molar-refractivity contribution is 0.00703. The summed E-state index contributed by atoms with van der Waals surface area (Å²) in [6.07, 6.45) is 0.921. The van der Waals surface area contributed by atoms with Crippen molar-refractivity contribution in [3.05, 3.63) is 29.3 Å². The Bertz CT molecular complexity index is 593. The van der Waals surface area contributed by atoms with E-state index < -0.39 is 11.7 Å². The third-order valence-corrected chi connectivity index (χ3v) is 4.63. The van der Waals surface area contributed by atoms with E-state index in [1.165, 1.54) is 5.56 Å². The number of hydrogen-bond acceptors (Lipinski definition) is 5. The van der Waals surface area contributed by atoms with Crippen LogP contribution in [0.5, 0.6) is 5.75 Å². The lowest BCUT2D eigenvalue weighted by Gasteiger charge is -2.33. The molecule has 0 saturated carbocycles. The summed E-state index contributed by atoms with van der Waals surface area (Å²) in [4.78, 5) is 0. The average molecular weight is 365 g/mol. The van der Waals surface area contributed by atoms with Gasteiger partial charge >= 0.3 is 0 Å². The van der Waals surface area contributed by atoms with Gasteiger partial charge in [-0.25, -0.2) is 0 Å². The van der Waals surface area contributed by atoms with Gasteiger partial charge in [0.05, 0.1) is 6.10 Å². The van der Waals surface area contributed by atoms with Crippen molar-refractivity contribution >= 4 is 0 Å². The number of benzene rings is 1. The number of nitrogens with one attached hydrogen (secondary N) is 2. The van der Waals surface area contributed by atoms with Crippen LogP contribution >= 0.6 is 0 Å². The second-order valence-corrected chi connectivity index (χ2v) is 9.19. The molecule has 1 aromatic carbocycles. The maximum Gasteiger partial charge on any atom is 0.123 e. The topological polar surface area (TPSA) is 73.8 Å². The highest BCUT2D eigenvalue weighted by Crippen LogP contribution is 2.30. The van der Waals surface area contributed by atoms with Gasteiger partial charge in [0, 0.05) is 30.6 Å². The molecule has 5 nitrogen and oxygen atoms in total. The second kappa shape index (κ2) is 8.26. The summed E-state index contributed by atoms with van der Waals surface area (Å²) < 4.78 is 5.98. The van der Waals surface area contributed by atoms with Gasteiger partial charge in [0.15, 0.2) is 0 Å². The van der Waals surface area contributed by atoms with E-state index in [9.17, 15) is 10.2 Å². The van der Waals surface area contributed by atoms with Crippen LogP contribution < -0.4 is 15.4 Å². The van der Waals surface area contributed by atoms with Gasteiger partial charge < -0.3 is 25.6 Å². The highest BCUT2D eigenvalue weighted by Gasteiger charge is 2.30. The molecule has 0 bridgehead atoms.